The molecular formula is C15H30N2. The van der Waals surface area contributed by atoms with Crippen LogP contribution in [0.25, 0.3) is 0 Å². The molecule has 1 heterocycles. The van der Waals surface area contributed by atoms with Crippen LogP contribution in [0.15, 0.2) is 0 Å². The largest absolute Gasteiger partial charge is 0.313 e. The summed E-state index contributed by atoms with van der Waals surface area (Å²) in [6.45, 7) is 8.59. The Bertz CT molecular complexity index is 211. The van der Waals surface area contributed by atoms with Crippen molar-refractivity contribution in [3.8, 4) is 0 Å². The van der Waals surface area contributed by atoms with Gasteiger partial charge in [-0.1, -0.05) is 26.2 Å². The van der Waals surface area contributed by atoms with Gasteiger partial charge in [-0.05, 0) is 51.6 Å². The molecule has 0 aromatic heterocycles. The summed E-state index contributed by atoms with van der Waals surface area (Å²) in [7, 11) is 0. The molecule has 2 rings (SSSR count). The molecule has 2 atom stereocenters. The topological polar surface area (TPSA) is 15.3 Å². The van der Waals surface area contributed by atoms with E-state index in [0.717, 1.165) is 18.0 Å². The van der Waals surface area contributed by atoms with Gasteiger partial charge < -0.3 is 5.32 Å². The Labute approximate surface area is 107 Å². The average molecular weight is 238 g/mol. The van der Waals surface area contributed by atoms with Gasteiger partial charge in [-0.3, -0.25) is 4.90 Å². The van der Waals surface area contributed by atoms with Crippen molar-refractivity contribution in [1.82, 2.24) is 10.2 Å². The Balaban J connectivity index is 1.88. The Hall–Kier alpha value is -0.0800. The molecule has 0 aromatic rings. The van der Waals surface area contributed by atoms with Crippen LogP contribution < -0.4 is 5.32 Å². The SMILES string of the molecule is CCCC1CN(C(C)C2CCCC2)CCCN1. The molecule has 2 unspecified atom stereocenters. The first kappa shape index (κ1) is 13.4. The van der Waals surface area contributed by atoms with Gasteiger partial charge >= 0.3 is 0 Å². The summed E-state index contributed by atoms with van der Waals surface area (Å²) in [5, 5.41) is 3.72. The van der Waals surface area contributed by atoms with Crippen LogP contribution in [0.2, 0.25) is 0 Å². The summed E-state index contributed by atoms with van der Waals surface area (Å²) in [5.41, 5.74) is 0. The molecule has 2 heteroatoms. The molecule has 0 spiro atoms. The van der Waals surface area contributed by atoms with Crippen LogP contribution >= 0.6 is 0 Å². The fourth-order valence-electron chi connectivity index (χ4n) is 3.68. The lowest BCUT2D eigenvalue weighted by Crippen LogP contribution is -2.44. The van der Waals surface area contributed by atoms with Gasteiger partial charge in [0.25, 0.3) is 0 Å². The molecule has 1 N–H and O–H groups in total. The number of hydrogen-bond donors (Lipinski definition) is 1. The molecule has 2 aliphatic rings. The third kappa shape index (κ3) is 3.69. The highest BCUT2D eigenvalue weighted by molar-refractivity contribution is 4.84. The van der Waals surface area contributed by atoms with Crippen LogP contribution in [0.3, 0.4) is 0 Å². The second-order valence-electron chi connectivity index (χ2n) is 6.07. The number of hydrogen-bond acceptors (Lipinski definition) is 2. The fourth-order valence-corrected chi connectivity index (χ4v) is 3.68. The third-order valence-electron chi connectivity index (χ3n) is 4.81. The van der Waals surface area contributed by atoms with Crippen LogP contribution in [-0.2, 0) is 0 Å². The van der Waals surface area contributed by atoms with Crippen molar-refractivity contribution in [3.63, 3.8) is 0 Å². The Morgan fingerprint density at radius 1 is 1.24 bits per heavy atom. The molecule has 0 amide bonds. The van der Waals surface area contributed by atoms with Gasteiger partial charge in [0.15, 0.2) is 0 Å². The lowest BCUT2D eigenvalue weighted by molar-refractivity contribution is 0.151. The molecule has 1 aliphatic heterocycles. The average Bonchev–Trinajstić information content (AvgIpc) is 2.76. The predicted molar refractivity (Wildman–Crippen MR) is 74.3 cm³/mol. The zero-order chi connectivity index (χ0) is 12.1. The zero-order valence-corrected chi connectivity index (χ0v) is 11.8. The van der Waals surface area contributed by atoms with Crippen LogP contribution in [0, 0.1) is 5.92 Å². The predicted octanol–water partition coefficient (Wildman–Crippen LogP) is 3.03. The van der Waals surface area contributed by atoms with Crippen molar-refractivity contribution in [2.24, 2.45) is 5.92 Å². The summed E-state index contributed by atoms with van der Waals surface area (Å²) in [6, 6.07) is 1.56. The zero-order valence-electron chi connectivity index (χ0n) is 11.8. The standard InChI is InChI=1S/C15H30N2/c1-3-7-15-12-17(11-6-10-16-15)13(2)14-8-4-5-9-14/h13-16H,3-12H2,1-2H3. The highest BCUT2D eigenvalue weighted by atomic mass is 15.2. The monoisotopic (exact) mass is 238 g/mol. The van der Waals surface area contributed by atoms with Gasteiger partial charge in [0.1, 0.15) is 0 Å². The van der Waals surface area contributed by atoms with E-state index in [1.54, 1.807) is 0 Å². The molecule has 1 aliphatic carbocycles. The highest BCUT2D eigenvalue weighted by Gasteiger charge is 2.28. The number of rotatable bonds is 4. The maximum Gasteiger partial charge on any atom is 0.0195 e. The second kappa shape index (κ2) is 6.75. The lowest BCUT2D eigenvalue weighted by atomic mass is 9.97. The van der Waals surface area contributed by atoms with Gasteiger partial charge in [-0.2, -0.15) is 0 Å². The summed E-state index contributed by atoms with van der Waals surface area (Å²) in [6.07, 6.45) is 9.88. The van der Waals surface area contributed by atoms with Crippen LogP contribution in [0.5, 0.6) is 0 Å². The molecule has 0 aromatic carbocycles. The van der Waals surface area contributed by atoms with E-state index >= 15 is 0 Å². The first-order valence-electron chi connectivity index (χ1n) is 7.78. The van der Waals surface area contributed by atoms with Gasteiger partial charge in [-0.25, -0.2) is 0 Å². The maximum atomic E-state index is 3.72. The van der Waals surface area contributed by atoms with Crippen molar-refractivity contribution in [2.45, 2.75) is 70.9 Å². The molecule has 2 fully saturated rings. The van der Waals surface area contributed by atoms with Crippen LogP contribution in [0.1, 0.15) is 58.8 Å². The third-order valence-corrected chi connectivity index (χ3v) is 4.81. The second-order valence-corrected chi connectivity index (χ2v) is 6.07. The minimum atomic E-state index is 0.742. The minimum Gasteiger partial charge on any atom is -0.313 e. The Kier molecular flexibility index (Phi) is 5.30. The quantitative estimate of drug-likeness (QED) is 0.810. The van der Waals surface area contributed by atoms with Gasteiger partial charge in [0, 0.05) is 18.6 Å². The number of nitrogens with one attached hydrogen (secondary N) is 1. The van der Waals surface area contributed by atoms with Crippen LogP contribution in [-0.4, -0.2) is 36.6 Å². The molecule has 1 saturated carbocycles. The summed E-state index contributed by atoms with van der Waals surface area (Å²) in [5.74, 6) is 0.982. The van der Waals surface area contributed by atoms with Crippen molar-refractivity contribution in [2.75, 3.05) is 19.6 Å². The van der Waals surface area contributed by atoms with Crippen LogP contribution in [0.4, 0.5) is 0 Å². The molecule has 0 bridgehead atoms. The van der Waals surface area contributed by atoms with E-state index in [9.17, 15) is 0 Å². The van der Waals surface area contributed by atoms with Crippen molar-refractivity contribution >= 4 is 0 Å². The Morgan fingerprint density at radius 2 is 2.00 bits per heavy atom. The molecule has 17 heavy (non-hydrogen) atoms. The Morgan fingerprint density at radius 3 is 2.71 bits per heavy atom. The molecule has 0 radical (unpaired) electrons. The smallest absolute Gasteiger partial charge is 0.0195 e. The highest BCUT2D eigenvalue weighted by Crippen LogP contribution is 2.30. The summed E-state index contributed by atoms with van der Waals surface area (Å²) in [4.78, 5) is 2.77. The minimum absolute atomic E-state index is 0.742. The fraction of sp³-hybridized carbons (Fsp3) is 1.00. The van der Waals surface area contributed by atoms with E-state index < -0.39 is 0 Å². The van der Waals surface area contributed by atoms with E-state index in [-0.39, 0.29) is 0 Å². The maximum absolute atomic E-state index is 3.72. The van der Waals surface area contributed by atoms with E-state index in [0.29, 0.717) is 0 Å². The van der Waals surface area contributed by atoms with Crippen molar-refractivity contribution in [3.05, 3.63) is 0 Å². The van der Waals surface area contributed by atoms with E-state index in [1.807, 2.05) is 0 Å². The first-order chi connectivity index (χ1) is 8.31. The summed E-state index contributed by atoms with van der Waals surface area (Å²) >= 11 is 0. The molecular weight excluding hydrogens is 208 g/mol. The van der Waals surface area contributed by atoms with E-state index in [4.69, 9.17) is 0 Å². The van der Waals surface area contributed by atoms with Crippen molar-refractivity contribution in [1.29, 1.82) is 0 Å². The molecule has 100 valence electrons. The normalized spacial score (nSPS) is 30.4. The lowest BCUT2D eigenvalue weighted by Gasteiger charge is -2.33. The van der Waals surface area contributed by atoms with Gasteiger partial charge in [0.2, 0.25) is 0 Å². The van der Waals surface area contributed by atoms with E-state index in [2.05, 4.69) is 24.1 Å². The van der Waals surface area contributed by atoms with E-state index in [1.165, 1.54) is 64.6 Å². The van der Waals surface area contributed by atoms with Crippen molar-refractivity contribution < 1.29 is 0 Å². The molecule has 1 saturated heterocycles. The first-order valence-corrected chi connectivity index (χ1v) is 7.78. The number of nitrogens with zero attached hydrogens (tertiary/aromatic N) is 1. The summed E-state index contributed by atoms with van der Waals surface area (Å²) < 4.78 is 0. The van der Waals surface area contributed by atoms with Gasteiger partial charge in [0.05, 0.1) is 0 Å². The van der Waals surface area contributed by atoms with Gasteiger partial charge in [-0.15, -0.1) is 0 Å². The molecule has 2 nitrogen and oxygen atoms in total.